The Hall–Kier alpha value is -3.85. The van der Waals surface area contributed by atoms with Crippen molar-refractivity contribution in [2.45, 2.75) is 13.0 Å². The van der Waals surface area contributed by atoms with Crippen LogP contribution in [0.4, 0.5) is 5.82 Å². The molecular weight excluding hydrogens is 460 g/mol. The molecule has 1 saturated heterocycles. The van der Waals surface area contributed by atoms with Crippen molar-refractivity contribution in [3.05, 3.63) is 92.6 Å². The lowest BCUT2D eigenvalue weighted by Gasteiger charge is -2.36. The fourth-order valence-corrected chi connectivity index (χ4v) is 4.26. The molecule has 0 amide bonds. The van der Waals surface area contributed by atoms with Crippen LogP contribution in [0.1, 0.15) is 22.3 Å². The molecule has 0 atom stereocenters. The van der Waals surface area contributed by atoms with Gasteiger partial charge in [-0.3, -0.25) is 18.8 Å². The summed E-state index contributed by atoms with van der Waals surface area (Å²) in [5.41, 5.74) is 0.737. The number of piperazine rings is 1. The summed E-state index contributed by atoms with van der Waals surface area (Å²) in [5.74, 6) is 0.768. The van der Waals surface area contributed by atoms with Crippen LogP contribution in [0, 0.1) is 0 Å². The van der Waals surface area contributed by atoms with Crippen LogP contribution in [0.5, 0.6) is 5.75 Å². The first-order chi connectivity index (χ1) is 17.4. The van der Waals surface area contributed by atoms with E-state index in [9.17, 15) is 14.4 Å². The molecule has 0 bridgehead atoms. The third-order valence-electron chi connectivity index (χ3n) is 6.39. The number of hydrogen-bond donors (Lipinski definition) is 0. The van der Waals surface area contributed by atoms with Gasteiger partial charge in [0.25, 0.3) is 5.56 Å². The van der Waals surface area contributed by atoms with Gasteiger partial charge >= 0.3 is 11.7 Å². The molecule has 1 aromatic heterocycles. The third kappa shape index (κ3) is 6.04. The van der Waals surface area contributed by atoms with Crippen LogP contribution in [-0.2, 0) is 25.4 Å². The summed E-state index contributed by atoms with van der Waals surface area (Å²) >= 11 is 0. The van der Waals surface area contributed by atoms with Gasteiger partial charge in [0.2, 0.25) is 0 Å². The van der Waals surface area contributed by atoms with E-state index in [0.717, 1.165) is 49.3 Å². The van der Waals surface area contributed by atoms with Gasteiger partial charge in [0.15, 0.2) is 0 Å². The predicted molar refractivity (Wildman–Crippen MR) is 138 cm³/mol. The maximum Gasteiger partial charge on any atom is 0.342 e. The molecular formula is C27H32N4O5. The predicted octanol–water partition coefficient (Wildman–Crippen LogP) is 2.03. The number of anilines is 1. The highest BCUT2D eigenvalue weighted by Gasteiger charge is 2.20. The summed E-state index contributed by atoms with van der Waals surface area (Å²) in [7, 11) is 3.18. The Morgan fingerprint density at radius 1 is 0.889 bits per heavy atom. The zero-order valence-corrected chi connectivity index (χ0v) is 20.8. The quantitative estimate of drug-likeness (QED) is 0.334. The number of hydrogen-bond acceptors (Lipinski definition) is 7. The van der Waals surface area contributed by atoms with Crippen molar-refractivity contribution in [2.75, 3.05) is 44.2 Å². The Morgan fingerprint density at radius 3 is 2.33 bits per heavy atom. The Morgan fingerprint density at radius 2 is 1.58 bits per heavy atom. The van der Waals surface area contributed by atoms with Crippen LogP contribution in [0.2, 0.25) is 0 Å². The monoisotopic (exact) mass is 492 g/mol. The van der Waals surface area contributed by atoms with Crippen molar-refractivity contribution < 1.29 is 14.3 Å². The lowest BCUT2D eigenvalue weighted by Crippen LogP contribution is -2.49. The molecule has 1 aliphatic heterocycles. The van der Waals surface area contributed by atoms with Gasteiger partial charge in [0, 0.05) is 52.9 Å². The molecule has 1 fully saturated rings. The molecule has 2 aromatic carbocycles. The zero-order valence-electron chi connectivity index (χ0n) is 20.8. The number of carbonyl (C=O) groups is 1. The second kappa shape index (κ2) is 11.7. The van der Waals surface area contributed by atoms with Gasteiger partial charge in [-0.15, -0.1) is 0 Å². The minimum atomic E-state index is -0.407. The smallest absolute Gasteiger partial charge is 0.342 e. The minimum Gasteiger partial charge on any atom is -0.493 e. The van der Waals surface area contributed by atoms with Gasteiger partial charge < -0.3 is 14.4 Å². The highest BCUT2D eigenvalue weighted by Crippen LogP contribution is 2.20. The van der Waals surface area contributed by atoms with Crippen LogP contribution >= 0.6 is 0 Å². The maximum atomic E-state index is 12.6. The molecule has 0 spiro atoms. The number of ether oxygens (including phenoxy) is 2. The van der Waals surface area contributed by atoms with Gasteiger partial charge in [0.1, 0.15) is 23.7 Å². The molecule has 0 radical (unpaired) electrons. The standard InChI is InChI=1S/C27H32N4O5/c1-28-24(19-25(32)29(2)27(28)34)31-16-14-30(15-17-31)13-8-18-35-23-12-7-6-11-22(23)26(33)36-20-21-9-4-3-5-10-21/h3-7,9-12,19H,8,13-18,20H2,1-2H3. The van der Waals surface area contributed by atoms with Gasteiger partial charge in [-0.1, -0.05) is 42.5 Å². The van der Waals surface area contributed by atoms with Crippen molar-refractivity contribution in [2.24, 2.45) is 14.1 Å². The highest BCUT2D eigenvalue weighted by molar-refractivity contribution is 5.92. The molecule has 0 unspecified atom stereocenters. The van der Waals surface area contributed by atoms with Crippen molar-refractivity contribution in [3.63, 3.8) is 0 Å². The van der Waals surface area contributed by atoms with E-state index in [1.165, 1.54) is 17.7 Å². The van der Waals surface area contributed by atoms with Gasteiger partial charge in [-0.25, -0.2) is 9.59 Å². The number of aromatic nitrogens is 2. The first kappa shape index (κ1) is 25.2. The summed E-state index contributed by atoms with van der Waals surface area (Å²) in [6, 6.07) is 18.2. The van der Waals surface area contributed by atoms with E-state index in [4.69, 9.17) is 9.47 Å². The molecule has 2 heterocycles. The average molecular weight is 493 g/mol. The molecule has 1 aliphatic rings. The fraction of sp³-hybridized carbons (Fsp3) is 0.370. The zero-order chi connectivity index (χ0) is 25.5. The minimum absolute atomic E-state index is 0.214. The van der Waals surface area contributed by atoms with E-state index in [1.807, 2.05) is 36.4 Å². The Kier molecular flexibility index (Phi) is 8.22. The number of carbonyl (C=O) groups excluding carboxylic acids is 1. The van der Waals surface area contributed by atoms with Gasteiger partial charge in [0.05, 0.1) is 6.61 Å². The first-order valence-electron chi connectivity index (χ1n) is 12.1. The molecule has 4 rings (SSSR count). The lowest BCUT2D eigenvalue weighted by atomic mass is 10.2. The Bertz CT molecular complexity index is 1290. The topological polar surface area (TPSA) is 86.0 Å². The molecule has 0 N–H and O–H groups in total. The lowest BCUT2D eigenvalue weighted by molar-refractivity contribution is 0.0468. The average Bonchev–Trinajstić information content (AvgIpc) is 2.92. The summed E-state index contributed by atoms with van der Waals surface area (Å²) in [5, 5.41) is 0. The fourth-order valence-electron chi connectivity index (χ4n) is 4.26. The van der Waals surface area contributed by atoms with Crippen molar-refractivity contribution in [1.29, 1.82) is 0 Å². The first-order valence-corrected chi connectivity index (χ1v) is 12.1. The summed E-state index contributed by atoms with van der Waals surface area (Å²) in [6.45, 7) is 4.66. The number of benzene rings is 2. The number of rotatable bonds is 9. The van der Waals surface area contributed by atoms with E-state index in [2.05, 4.69) is 9.80 Å². The van der Waals surface area contributed by atoms with Crippen LogP contribution in [0.3, 0.4) is 0 Å². The molecule has 3 aromatic rings. The second-order valence-corrected chi connectivity index (χ2v) is 8.83. The third-order valence-corrected chi connectivity index (χ3v) is 6.39. The Balaban J connectivity index is 1.23. The van der Waals surface area contributed by atoms with Crippen molar-refractivity contribution in [1.82, 2.24) is 14.0 Å². The molecule has 190 valence electrons. The van der Waals surface area contributed by atoms with Crippen LogP contribution < -0.4 is 20.9 Å². The number of nitrogens with zero attached hydrogens (tertiary/aromatic N) is 4. The number of para-hydroxylation sites is 1. The van der Waals surface area contributed by atoms with Crippen molar-refractivity contribution >= 4 is 11.8 Å². The van der Waals surface area contributed by atoms with E-state index in [1.54, 1.807) is 25.2 Å². The SMILES string of the molecule is Cn1c(N2CCN(CCCOc3ccccc3C(=O)OCc3ccccc3)CC2)cc(=O)n(C)c1=O. The second-order valence-electron chi connectivity index (χ2n) is 8.83. The summed E-state index contributed by atoms with van der Waals surface area (Å²) in [6.07, 6.45) is 0.803. The molecule has 9 heteroatoms. The van der Waals surface area contributed by atoms with E-state index < -0.39 is 5.97 Å². The molecule has 9 nitrogen and oxygen atoms in total. The highest BCUT2D eigenvalue weighted by atomic mass is 16.5. The molecule has 0 saturated carbocycles. The normalized spacial score (nSPS) is 14.0. The van der Waals surface area contributed by atoms with Crippen LogP contribution in [-0.4, -0.2) is 59.3 Å². The van der Waals surface area contributed by atoms with Crippen molar-refractivity contribution in [3.8, 4) is 5.75 Å². The summed E-state index contributed by atoms with van der Waals surface area (Å²) in [4.78, 5) is 41.3. The molecule has 36 heavy (non-hydrogen) atoms. The largest absolute Gasteiger partial charge is 0.493 e. The van der Waals surface area contributed by atoms with Crippen LogP contribution in [0.25, 0.3) is 0 Å². The van der Waals surface area contributed by atoms with Crippen LogP contribution in [0.15, 0.2) is 70.3 Å². The summed E-state index contributed by atoms with van der Waals surface area (Å²) < 4.78 is 14.0. The van der Waals surface area contributed by atoms with E-state index in [-0.39, 0.29) is 17.9 Å². The van der Waals surface area contributed by atoms with E-state index >= 15 is 0 Å². The maximum absolute atomic E-state index is 12.6. The van der Waals surface area contributed by atoms with Gasteiger partial charge in [-0.2, -0.15) is 0 Å². The number of esters is 1. The Labute approximate surface area is 210 Å². The van der Waals surface area contributed by atoms with Gasteiger partial charge in [-0.05, 0) is 24.1 Å². The van der Waals surface area contributed by atoms with E-state index in [0.29, 0.717) is 23.7 Å². The molecule has 0 aliphatic carbocycles.